The Bertz CT molecular complexity index is 921. The van der Waals surface area contributed by atoms with Gasteiger partial charge in [-0.05, 0) is 26.0 Å². The molecule has 0 atom stereocenters. The number of aromatic nitrogens is 2. The molecule has 2 aromatic rings. The summed E-state index contributed by atoms with van der Waals surface area (Å²) in [7, 11) is 0. The minimum absolute atomic E-state index is 0.0936. The maximum absolute atomic E-state index is 12.4. The number of amides is 2. The molecule has 0 spiro atoms. The Morgan fingerprint density at radius 1 is 1.23 bits per heavy atom. The molecule has 0 aliphatic heterocycles. The summed E-state index contributed by atoms with van der Waals surface area (Å²) in [6.07, 6.45) is 1.56. The number of rotatable bonds is 4. The van der Waals surface area contributed by atoms with E-state index >= 15 is 0 Å². The van der Waals surface area contributed by atoms with Crippen molar-refractivity contribution in [3.05, 3.63) is 58.1 Å². The van der Waals surface area contributed by atoms with Gasteiger partial charge in [0.25, 0.3) is 5.91 Å². The fraction of sp³-hybridized carbons (Fsp3) is 0.263. The number of hydrogen-bond acceptors (Lipinski definition) is 4. The molecule has 26 heavy (non-hydrogen) atoms. The number of nitrogens with zero attached hydrogens (tertiary/aromatic N) is 2. The minimum atomic E-state index is -0.476. The zero-order valence-electron chi connectivity index (χ0n) is 14.9. The lowest BCUT2D eigenvalue weighted by Gasteiger charge is -2.12. The largest absolute Gasteiger partial charge is 0.349 e. The zero-order valence-corrected chi connectivity index (χ0v) is 14.9. The molecule has 2 rings (SSSR count). The van der Waals surface area contributed by atoms with Gasteiger partial charge in [0.2, 0.25) is 5.91 Å². The molecule has 0 unspecified atom stereocenters. The van der Waals surface area contributed by atoms with Gasteiger partial charge in [-0.3, -0.25) is 14.2 Å². The van der Waals surface area contributed by atoms with E-state index in [9.17, 15) is 14.4 Å². The molecule has 1 aromatic carbocycles. The molecule has 134 valence electrons. The van der Waals surface area contributed by atoms with Crippen molar-refractivity contribution in [2.24, 2.45) is 0 Å². The van der Waals surface area contributed by atoms with E-state index in [4.69, 9.17) is 0 Å². The summed E-state index contributed by atoms with van der Waals surface area (Å²) in [5.41, 5.74) is 0.364. The second-order valence-electron chi connectivity index (χ2n) is 5.82. The van der Waals surface area contributed by atoms with Gasteiger partial charge in [-0.15, -0.1) is 0 Å². The maximum atomic E-state index is 12.4. The predicted molar refractivity (Wildman–Crippen MR) is 98.8 cm³/mol. The Morgan fingerprint density at radius 3 is 2.54 bits per heavy atom. The van der Waals surface area contributed by atoms with Gasteiger partial charge in [-0.1, -0.05) is 30.0 Å². The smallest absolute Gasteiger partial charge is 0.345 e. The van der Waals surface area contributed by atoms with Crippen LogP contribution in [-0.4, -0.2) is 27.9 Å². The first-order chi connectivity index (χ1) is 12.4. The third-order valence-corrected chi connectivity index (χ3v) is 3.42. The van der Waals surface area contributed by atoms with Crippen molar-refractivity contribution >= 4 is 17.6 Å². The lowest BCUT2D eigenvalue weighted by molar-refractivity contribution is -0.118. The van der Waals surface area contributed by atoms with Crippen LogP contribution in [0, 0.1) is 11.8 Å². The fourth-order valence-corrected chi connectivity index (χ4v) is 2.10. The third kappa shape index (κ3) is 5.05. The van der Waals surface area contributed by atoms with Gasteiger partial charge in [0, 0.05) is 24.7 Å². The third-order valence-electron chi connectivity index (χ3n) is 3.42. The molecule has 0 saturated heterocycles. The van der Waals surface area contributed by atoms with Crippen molar-refractivity contribution in [3.63, 3.8) is 0 Å². The van der Waals surface area contributed by atoms with Crippen LogP contribution in [0.1, 0.15) is 42.7 Å². The molecule has 7 nitrogen and oxygen atoms in total. The van der Waals surface area contributed by atoms with Crippen molar-refractivity contribution in [1.29, 1.82) is 0 Å². The minimum Gasteiger partial charge on any atom is -0.345 e. The van der Waals surface area contributed by atoms with Crippen molar-refractivity contribution in [3.8, 4) is 11.8 Å². The highest BCUT2D eigenvalue weighted by molar-refractivity contribution is 6.04. The summed E-state index contributed by atoms with van der Waals surface area (Å²) in [4.78, 5) is 39.4. The summed E-state index contributed by atoms with van der Waals surface area (Å²) in [5.74, 6) is 5.15. The van der Waals surface area contributed by atoms with Gasteiger partial charge >= 0.3 is 5.69 Å². The standard InChI is InChI=1S/C19H20N4O3/c1-13(2)23-12-16(10-7-11-20-14(3)24)17(22-19(23)26)21-18(25)15-8-5-4-6-9-15/h4-6,8-9,12-13H,11H2,1-3H3,(H,20,24)(H,21,22,25,26). The van der Waals surface area contributed by atoms with Crippen LogP contribution in [0.25, 0.3) is 0 Å². The Morgan fingerprint density at radius 2 is 1.92 bits per heavy atom. The summed E-state index contributed by atoms with van der Waals surface area (Å²) >= 11 is 0. The van der Waals surface area contributed by atoms with E-state index in [0.29, 0.717) is 11.1 Å². The average Bonchev–Trinajstić information content (AvgIpc) is 2.60. The van der Waals surface area contributed by atoms with Gasteiger partial charge in [-0.25, -0.2) is 4.79 Å². The molecule has 0 bridgehead atoms. The summed E-state index contributed by atoms with van der Waals surface area (Å²) < 4.78 is 1.43. The Balaban J connectivity index is 2.36. The highest BCUT2D eigenvalue weighted by Crippen LogP contribution is 2.12. The maximum Gasteiger partial charge on any atom is 0.349 e. The molecule has 7 heteroatoms. The first-order valence-corrected chi connectivity index (χ1v) is 8.11. The number of carbonyl (C=O) groups is 2. The second kappa shape index (κ2) is 8.62. The molecule has 0 radical (unpaired) electrons. The van der Waals surface area contributed by atoms with E-state index in [2.05, 4.69) is 27.5 Å². The summed E-state index contributed by atoms with van der Waals surface area (Å²) in [5, 5.41) is 5.19. The summed E-state index contributed by atoms with van der Waals surface area (Å²) in [6.45, 7) is 5.25. The molecular weight excluding hydrogens is 332 g/mol. The summed E-state index contributed by atoms with van der Waals surface area (Å²) in [6, 6.07) is 8.50. The molecule has 0 aliphatic rings. The molecule has 0 fully saturated rings. The van der Waals surface area contributed by atoms with Crippen LogP contribution < -0.4 is 16.3 Å². The topological polar surface area (TPSA) is 93.1 Å². The number of benzene rings is 1. The van der Waals surface area contributed by atoms with Crippen molar-refractivity contribution in [2.45, 2.75) is 26.8 Å². The number of nitrogens with one attached hydrogen (secondary N) is 2. The van der Waals surface area contributed by atoms with E-state index in [-0.39, 0.29) is 30.2 Å². The Kier molecular flexibility index (Phi) is 6.28. The van der Waals surface area contributed by atoms with Crippen LogP contribution in [0.4, 0.5) is 5.82 Å². The van der Waals surface area contributed by atoms with Gasteiger partial charge in [0.15, 0.2) is 5.82 Å². The van der Waals surface area contributed by atoms with E-state index in [1.54, 1.807) is 36.5 Å². The van der Waals surface area contributed by atoms with Crippen LogP contribution in [0.15, 0.2) is 41.3 Å². The second-order valence-corrected chi connectivity index (χ2v) is 5.82. The first-order valence-electron chi connectivity index (χ1n) is 8.11. The molecule has 1 aromatic heterocycles. The average molecular weight is 352 g/mol. The van der Waals surface area contributed by atoms with E-state index in [1.807, 2.05) is 13.8 Å². The van der Waals surface area contributed by atoms with Gasteiger partial charge in [0.05, 0.1) is 12.1 Å². The van der Waals surface area contributed by atoms with Crippen molar-refractivity contribution < 1.29 is 9.59 Å². The predicted octanol–water partition coefficient (Wildman–Crippen LogP) is 1.56. The van der Waals surface area contributed by atoms with Crippen LogP contribution in [0.3, 0.4) is 0 Å². The molecule has 1 heterocycles. The van der Waals surface area contributed by atoms with Crippen molar-refractivity contribution in [1.82, 2.24) is 14.9 Å². The van der Waals surface area contributed by atoms with Gasteiger partial charge < -0.3 is 10.6 Å². The SMILES string of the molecule is CC(=O)NCC#Cc1cn(C(C)C)c(=O)nc1NC(=O)c1ccccc1. The van der Waals surface area contributed by atoms with Crippen LogP contribution in [0.5, 0.6) is 0 Å². The van der Waals surface area contributed by atoms with Crippen LogP contribution >= 0.6 is 0 Å². The molecule has 0 aliphatic carbocycles. The lowest BCUT2D eigenvalue weighted by Crippen LogP contribution is -2.27. The number of carbonyl (C=O) groups excluding carboxylic acids is 2. The number of anilines is 1. The van der Waals surface area contributed by atoms with E-state index in [0.717, 1.165) is 0 Å². The molecule has 2 N–H and O–H groups in total. The quantitative estimate of drug-likeness (QED) is 0.817. The fourth-order valence-electron chi connectivity index (χ4n) is 2.10. The Labute approximate surface area is 151 Å². The highest BCUT2D eigenvalue weighted by atomic mass is 16.2. The first kappa shape index (κ1) is 18.9. The lowest BCUT2D eigenvalue weighted by atomic mass is 10.2. The van der Waals surface area contributed by atoms with E-state index in [1.165, 1.54) is 11.5 Å². The molecule has 0 saturated carbocycles. The molecule has 2 amide bonds. The van der Waals surface area contributed by atoms with E-state index < -0.39 is 5.69 Å². The molecular formula is C19H20N4O3. The Hall–Kier alpha value is -3.40. The normalized spacial score (nSPS) is 10.0. The van der Waals surface area contributed by atoms with Crippen LogP contribution in [-0.2, 0) is 4.79 Å². The van der Waals surface area contributed by atoms with Gasteiger partial charge in [0.1, 0.15) is 0 Å². The van der Waals surface area contributed by atoms with Crippen molar-refractivity contribution in [2.75, 3.05) is 11.9 Å². The van der Waals surface area contributed by atoms with Gasteiger partial charge in [-0.2, -0.15) is 4.98 Å². The zero-order chi connectivity index (χ0) is 19.1. The monoisotopic (exact) mass is 352 g/mol. The highest BCUT2D eigenvalue weighted by Gasteiger charge is 2.13. The van der Waals surface area contributed by atoms with Crippen LogP contribution in [0.2, 0.25) is 0 Å². The number of hydrogen-bond donors (Lipinski definition) is 2.